The molecule has 2 aromatic heterocycles. The van der Waals surface area contributed by atoms with Crippen LogP contribution in [0.3, 0.4) is 0 Å². The second-order valence-corrected chi connectivity index (χ2v) is 4.17. The monoisotopic (exact) mass is 223 g/mol. The molecule has 3 aromatic rings. The van der Waals surface area contributed by atoms with Crippen molar-refractivity contribution in [1.82, 2.24) is 18.5 Å². The third-order valence-corrected chi connectivity index (χ3v) is 3.05. The molecule has 0 unspecified atom stereocenters. The normalized spacial score (nSPS) is 10.8. The molecular formula is C11H8AlN4. The van der Waals surface area contributed by atoms with Crippen molar-refractivity contribution in [2.75, 3.05) is 0 Å². The smallest absolute Gasteiger partial charge is 0.348 e. The molecule has 0 saturated carbocycles. The summed E-state index contributed by atoms with van der Waals surface area (Å²) in [5, 5.41) is 1.20. The van der Waals surface area contributed by atoms with Gasteiger partial charge in [-0.1, -0.05) is 12.1 Å². The SMILES string of the molecule is [AlH][n]1ccc2cccc(-c3ncncn3)c21. The molecule has 16 heavy (non-hydrogen) atoms. The Kier molecular flexibility index (Phi) is 2.21. The second kappa shape index (κ2) is 3.71. The lowest BCUT2D eigenvalue weighted by molar-refractivity contribution is 1.06. The highest BCUT2D eigenvalue weighted by Crippen LogP contribution is 2.25. The molecule has 0 fully saturated rings. The van der Waals surface area contributed by atoms with Gasteiger partial charge < -0.3 is 3.55 Å². The van der Waals surface area contributed by atoms with Gasteiger partial charge in [0.1, 0.15) is 12.7 Å². The molecule has 0 N–H and O–H groups in total. The van der Waals surface area contributed by atoms with Crippen LogP contribution < -0.4 is 0 Å². The maximum atomic E-state index is 4.19. The first-order chi connectivity index (χ1) is 7.86. The molecule has 0 bridgehead atoms. The fraction of sp³-hybridized carbons (Fsp3) is 0. The molecule has 0 aliphatic heterocycles. The van der Waals surface area contributed by atoms with Crippen LogP contribution in [0.2, 0.25) is 0 Å². The molecule has 0 amide bonds. The van der Waals surface area contributed by atoms with E-state index >= 15 is 0 Å². The van der Waals surface area contributed by atoms with E-state index in [1.165, 1.54) is 18.0 Å². The minimum atomic E-state index is 0.715. The Hall–Kier alpha value is -1.70. The van der Waals surface area contributed by atoms with Crippen molar-refractivity contribution < 1.29 is 0 Å². The number of fused-ring (bicyclic) bond motifs is 1. The highest BCUT2D eigenvalue weighted by molar-refractivity contribution is 6.13. The molecule has 0 aliphatic rings. The first kappa shape index (κ1) is 9.52. The van der Waals surface area contributed by atoms with Gasteiger partial charge in [0.15, 0.2) is 5.82 Å². The summed E-state index contributed by atoms with van der Waals surface area (Å²) in [6.07, 6.45) is 5.09. The number of hydrogen-bond acceptors (Lipinski definition) is 3. The van der Waals surface area contributed by atoms with E-state index in [9.17, 15) is 0 Å². The largest absolute Gasteiger partial charge is 0.451 e. The Morgan fingerprint density at radius 2 is 1.88 bits per heavy atom. The number of hydrogen-bond donors (Lipinski definition) is 0. The molecule has 0 spiro atoms. The lowest BCUT2D eigenvalue weighted by atomic mass is 10.1. The van der Waals surface area contributed by atoms with Gasteiger partial charge in [-0.25, -0.2) is 15.0 Å². The maximum absolute atomic E-state index is 4.19. The van der Waals surface area contributed by atoms with E-state index in [-0.39, 0.29) is 0 Å². The standard InChI is InChI=1S/C11H7N4.Al.H/c1-2-8-4-5-13-10(8)9(3-1)11-14-6-12-7-15-11;;/h1-7H;;/q-1;+1;. The number of rotatable bonds is 1. The van der Waals surface area contributed by atoms with Crippen molar-refractivity contribution in [3.8, 4) is 11.4 Å². The van der Waals surface area contributed by atoms with Gasteiger partial charge in [0.05, 0.1) is 0 Å². The van der Waals surface area contributed by atoms with Gasteiger partial charge >= 0.3 is 16.5 Å². The summed E-state index contributed by atoms with van der Waals surface area (Å²) in [6.45, 7) is 0. The quantitative estimate of drug-likeness (QED) is 0.581. The van der Waals surface area contributed by atoms with Gasteiger partial charge in [0.2, 0.25) is 0 Å². The van der Waals surface area contributed by atoms with Gasteiger partial charge in [0.25, 0.3) is 0 Å². The lowest BCUT2D eigenvalue weighted by Gasteiger charge is -2.04. The van der Waals surface area contributed by atoms with Crippen molar-refractivity contribution in [2.24, 2.45) is 0 Å². The average Bonchev–Trinajstić information content (AvgIpc) is 2.73. The van der Waals surface area contributed by atoms with E-state index in [1.54, 1.807) is 0 Å². The van der Waals surface area contributed by atoms with Crippen molar-refractivity contribution in [3.63, 3.8) is 0 Å². The summed E-state index contributed by atoms with van der Waals surface area (Å²) >= 11 is 1.81. The van der Waals surface area contributed by atoms with Crippen LogP contribution in [-0.2, 0) is 0 Å². The van der Waals surface area contributed by atoms with Crippen LogP contribution in [0.15, 0.2) is 43.1 Å². The topological polar surface area (TPSA) is 43.6 Å². The summed E-state index contributed by atoms with van der Waals surface area (Å²) in [6, 6.07) is 8.23. The Morgan fingerprint density at radius 1 is 1.06 bits per heavy atom. The Morgan fingerprint density at radius 3 is 2.69 bits per heavy atom. The maximum Gasteiger partial charge on any atom is 0.348 e. The number of benzene rings is 1. The van der Waals surface area contributed by atoms with E-state index in [4.69, 9.17) is 0 Å². The third kappa shape index (κ3) is 1.42. The highest BCUT2D eigenvalue weighted by Gasteiger charge is 2.07. The van der Waals surface area contributed by atoms with Gasteiger partial charge in [-0.3, -0.25) is 0 Å². The summed E-state index contributed by atoms with van der Waals surface area (Å²) in [4.78, 5) is 12.2. The molecule has 0 saturated heterocycles. The van der Waals surface area contributed by atoms with Gasteiger partial charge in [-0.05, 0) is 23.7 Å². The number of aromatic nitrogens is 4. The van der Waals surface area contributed by atoms with Crippen molar-refractivity contribution in [3.05, 3.63) is 43.1 Å². The van der Waals surface area contributed by atoms with Gasteiger partial charge in [-0.15, -0.1) is 0 Å². The highest BCUT2D eigenvalue weighted by atomic mass is 27.1. The zero-order valence-corrected chi connectivity index (χ0v) is 9.95. The van der Waals surface area contributed by atoms with E-state index in [1.807, 2.05) is 34.8 Å². The summed E-state index contributed by atoms with van der Waals surface area (Å²) in [7, 11) is 0. The van der Waals surface area contributed by atoms with Gasteiger partial charge in [0, 0.05) is 11.1 Å². The van der Waals surface area contributed by atoms with Crippen LogP contribution in [-0.4, -0.2) is 35.0 Å². The Bertz CT molecular complexity index is 633. The average molecular weight is 223 g/mol. The molecule has 0 aliphatic carbocycles. The molecule has 1 aromatic carbocycles. The predicted molar refractivity (Wildman–Crippen MR) is 63.3 cm³/mol. The summed E-state index contributed by atoms with van der Waals surface area (Å²) in [5.74, 6) is 0.715. The molecule has 1 radical (unpaired) electrons. The van der Waals surface area contributed by atoms with Crippen molar-refractivity contribution in [1.29, 1.82) is 0 Å². The zero-order chi connectivity index (χ0) is 11.0. The van der Waals surface area contributed by atoms with E-state index in [0.29, 0.717) is 5.82 Å². The molecule has 5 heteroatoms. The number of nitrogens with zero attached hydrogens (tertiary/aromatic N) is 4. The Balaban J connectivity index is 2.36. The van der Waals surface area contributed by atoms with E-state index < -0.39 is 0 Å². The number of para-hydroxylation sites is 1. The van der Waals surface area contributed by atoms with E-state index in [2.05, 4.69) is 30.6 Å². The Labute approximate surface area is 101 Å². The van der Waals surface area contributed by atoms with Crippen molar-refractivity contribution >= 4 is 27.4 Å². The van der Waals surface area contributed by atoms with Crippen LogP contribution in [0.25, 0.3) is 22.3 Å². The summed E-state index contributed by atoms with van der Waals surface area (Å²) in [5.41, 5.74) is 2.20. The first-order valence-electron chi connectivity index (χ1n) is 4.89. The minimum Gasteiger partial charge on any atom is -0.451 e. The second-order valence-electron chi connectivity index (χ2n) is 3.49. The lowest BCUT2D eigenvalue weighted by Crippen LogP contribution is -1.94. The van der Waals surface area contributed by atoms with Gasteiger partial charge in [-0.2, -0.15) is 0 Å². The molecule has 2 heterocycles. The third-order valence-electron chi connectivity index (χ3n) is 2.52. The molecule has 4 nitrogen and oxygen atoms in total. The summed E-state index contributed by atoms with van der Waals surface area (Å²) < 4.78 is 2.11. The van der Waals surface area contributed by atoms with Crippen LogP contribution in [0.4, 0.5) is 0 Å². The predicted octanol–water partition coefficient (Wildman–Crippen LogP) is 1.16. The minimum absolute atomic E-state index is 0.715. The fourth-order valence-corrected chi connectivity index (χ4v) is 2.28. The van der Waals surface area contributed by atoms with Crippen molar-refractivity contribution in [2.45, 2.75) is 0 Å². The molecule has 3 rings (SSSR count). The van der Waals surface area contributed by atoms with Crippen LogP contribution in [0, 0.1) is 0 Å². The zero-order valence-electron chi connectivity index (χ0n) is 8.54. The van der Waals surface area contributed by atoms with Crippen LogP contribution in [0.5, 0.6) is 0 Å². The molecule has 0 atom stereocenters. The van der Waals surface area contributed by atoms with E-state index in [0.717, 1.165) is 11.1 Å². The first-order valence-corrected chi connectivity index (χ1v) is 5.53. The molecular weight excluding hydrogens is 215 g/mol. The molecule has 75 valence electrons. The van der Waals surface area contributed by atoms with Crippen LogP contribution in [0.1, 0.15) is 0 Å². The fourth-order valence-electron chi connectivity index (χ4n) is 1.82. The van der Waals surface area contributed by atoms with Crippen LogP contribution >= 0.6 is 0 Å².